The van der Waals surface area contributed by atoms with Gasteiger partial charge in [0.2, 0.25) is 5.91 Å². The van der Waals surface area contributed by atoms with Gasteiger partial charge in [0, 0.05) is 25.2 Å². The third kappa shape index (κ3) is 6.02. The molecule has 35 heavy (non-hydrogen) atoms. The van der Waals surface area contributed by atoms with Gasteiger partial charge >= 0.3 is 0 Å². The molecule has 1 aliphatic heterocycles. The molecule has 10 heteroatoms. The molecule has 8 nitrogen and oxygen atoms in total. The lowest BCUT2D eigenvalue weighted by molar-refractivity contribution is -0.129. The number of hydrogen-bond donors (Lipinski definition) is 3. The molecule has 1 atom stereocenters. The van der Waals surface area contributed by atoms with Crippen LogP contribution in [0.25, 0.3) is 11.1 Å². The zero-order valence-electron chi connectivity index (χ0n) is 19.9. The van der Waals surface area contributed by atoms with Crippen LogP contribution in [-0.2, 0) is 4.79 Å². The summed E-state index contributed by atoms with van der Waals surface area (Å²) in [6.07, 6.45) is 6.60. The Bertz CT molecular complexity index is 1150. The first kappa shape index (κ1) is 25.8. The number of amides is 1. The quantitative estimate of drug-likeness (QED) is 0.180. The van der Waals surface area contributed by atoms with E-state index in [1.54, 1.807) is 19.2 Å². The fourth-order valence-electron chi connectivity index (χ4n) is 4.11. The van der Waals surface area contributed by atoms with Gasteiger partial charge in [0.1, 0.15) is 5.82 Å². The van der Waals surface area contributed by atoms with Crippen LogP contribution in [0, 0.1) is 0 Å². The number of allylic oxidation sites excluding steroid dienone is 3. The lowest BCUT2D eigenvalue weighted by Gasteiger charge is -2.24. The van der Waals surface area contributed by atoms with Crippen LogP contribution in [0.3, 0.4) is 0 Å². The molecule has 1 fully saturated rings. The molecule has 2 heterocycles. The number of benzene rings is 1. The summed E-state index contributed by atoms with van der Waals surface area (Å²) in [5.41, 5.74) is 8.92. The first-order valence-corrected chi connectivity index (χ1v) is 11.4. The normalized spacial score (nSPS) is 17.1. The average molecular weight is 484 g/mol. The second-order valence-electron chi connectivity index (χ2n) is 8.29. The number of aromatic nitrogens is 1. The standard InChI is InChI=1S/C25H31F2N7O/c1-3-4-6-21(26)22(27)15-34(30)25(32-29)20-13-19(14-31-24(20)28)17-8-10-18(11-9-17)23-7-5-12-33(23)16(2)35/h4,6,8-11,13-14,23H,3,5,7,12,15,29-30H2,1-2H3,(H2,28,31)/b6-4-,22-21-,32-25-. The Morgan fingerprint density at radius 1 is 1.29 bits per heavy atom. The summed E-state index contributed by atoms with van der Waals surface area (Å²) in [4.78, 5) is 18.0. The van der Waals surface area contributed by atoms with Crippen LogP contribution in [0.15, 0.2) is 65.4 Å². The predicted octanol–water partition coefficient (Wildman–Crippen LogP) is 3.93. The van der Waals surface area contributed by atoms with Crippen LogP contribution >= 0.6 is 0 Å². The van der Waals surface area contributed by atoms with Crippen molar-refractivity contribution in [3.8, 4) is 11.1 Å². The topological polar surface area (TPSA) is 127 Å². The number of rotatable bonds is 7. The number of carbonyl (C=O) groups is 1. The third-order valence-electron chi connectivity index (χ3n) is 5.91. The molecule has 1 saturated heterocycles. The molecule has 0 radical (unpaired) electrons. The maximum atomic E-state index is 14.2. The first-order chi connectivity index (χ1) is 16.8. The SMILES string of the molecule is CC/C=C\C(F)=C(\F)CN(N)/C(=N\N)c1cc(-c2ccc(C3CCCN3C(C)=O)cc2)cnc1N. The van der Waals surface area contributed by atoms with Gasteiger partial charge in [0.15, 0.2) is 17.5 Å². The largest absolute Gasteiger partial charge is 0.383 e. The zero-order chi connectivity index (χ0) is 25.5. The number of nitrogens with two attached hydrogens (primary N) is 3. The number of likely N-dealkylation sites (tertiary alicyclic amines) is 1. The van der Waals surface area contributed by atoms with Crippen LogP contribution in [0.2, 0.25) is 0 Å². The Labute approximate surface area is 203 Å². The predicted molar refractivity (Wildman–Crippen MR) is 134 cm³/mol. The number of hydrazine groups is 1. The molecule has 6 N–H and O–H groups in total. The summed E-state index contributed by atoms with van der Waals surface area (Å²) < 4.78 is 28.1. The number of carbonyl (C=O) groups excluding carboxylic acids is 1. The molecule has 1 aromatic carbocycles. The fourth-order valence-corrected chi connectivity index (χ4v) is 4.11. The number of amidine groups is 1. The van der Waals surface area contributed by atoms with Gasteiger partial charge in [0.25, 0.3) is 0 Å². The highest BCUT2D eigenvalue weighted by Crippen LogP contribution is 2.33. The number of halogens is 2. The lowest BCUT2D eigenvalue weighted by atomic mass is 9.99. The summed E-state index contributed by atoms with van der Waals surface area (Å²) in [6, 6.07) is 9.59. The van der Waals surface area contributed by atoms with E-state index in [1.165, 1.54) is 6.08 Å². The van der Waals surface area contributed by atoms with E-state index in [2.05, 4.69) is 10.1 Å². The van der Waals surface area contributed by atoms with E-state index in [0.717, 1.165) is 41.6 Å². The molecular formula is C25H31F2N7O. The summed E-state index contributed by atoms with van der Waals surface area (Å²) in [5.74, 6) is 9.50. The smallest absolute Gasteiger partial charge is 0.219 e. The molecule has 1 aromatic heterocycles. The van der Waals surface area contributed by atoms with Crippen LogP contribution in [0.5, 0.6) is 0 Å². The van der Waals surface area contributed by atoms with Crippen molar-refractivity contribution in [1.82, 2.24) is 14.9 Å². The lowest BCUT2D eigenvalue weighted by Crippen LogP contribution is -2.40. The molecule has 0 bridgehead atoms. The minimum absolute atomic E-state index is 0.0426. The van der Waals surface area contributed by atoms with E-state index in [-0.39, 0.29) is 29.2 Å². The molecule has 1 aliphatic rings. The molecule has 186 valence electrons. The Balaban J connectivity index is 1.85. The van der Waals surface area contributed by atoms with Crippen molar-refractivity contribution < 1.29 is 13.6 Å². The molecule has 1 amide bonds. The highest BCUT2D eigenvalue weighted by Gasteiger charge is 2.27. The maximum Gasteiger partial charge on any atom is 0.219 e. The van der Waals surface area contributed by atoms with E-state index in [1.807, 2.05) is 36.1 Å². The van der Waals surface area contributed by atoms with Crippen LogP contribution < -0.4 is 17.4 Å². The Morgan fingerprint density at radius 3 is 2.63 bits per heavy atom. The van der Waals surface area contributed by atoms with Crippen LogP contribution in [0.4, 0.5) is 14.6 Å². The highest BCUT2D eigenvalue weighted by atomic mass is 19.2. The Hall–Kier alpha value is -3.79. The summed E-state index contributed by atoms with van der Waals surface area (Å²) in [6.45, 7) is 3.56. The second kappa shape index (κ2) is 11.6. The van der Waals surface area contributed by atoms with Crippen molar-refractivity contribution in [2.24, 2.45) is 16.8 Å². The van der Waals surface area contributed by atoms with Crippen molar-refractivity contribution >= 4 is 17.6 Å². The molecule has 0 saturated carbocycles. The van der Waals surface area contributed by atoms with Gasteiger partial charge in [-0.2, -0.15) is 5.10 Å². The zero-order valence-corrected chi connectivity index (χ0v) is 19.9. The van der Waals surface area contributed by atoms with E-state index >= 15 is 0 Å². The number of hydrogen-bond acceptors (Lipinski definition) is 6. The second-order valence-corrected chi connectivity index (χ2v) is 8.29. The van der Waals surface area contributed by atoms with Gasteiger partial charge in [-0.1, -0.05) is 37.3 Å². The summed E-state index contributed by atoms with van der Waals surface area (Å²) >= 11 is 0. The van der Waals surface area contributed by atoms with Gasteiger partial charge < -0.3 is 16.5 Å². The first-order valence-electron chi connectivity index (χ1n) is 11.4. The number of nitrogen functional groups attached to an aromatic ring is 1. The van der Waals surface area contributed by atoms with Crippen molar-refractivity contribution in [2.75, 3.05) is 18.8 Å². The number of hydrazone groups is 1. The van der Waals surface area contributed by atoms with Crippen molar-refractivity contribution in [1.29, 1.82) is 0 Å². The molecule has 0 aliphatic carbocycles. The molecule has 0 spiro atoms. The van der Waals surface area contributed by atoms with E-state index in [9.17, 15) is 13.6 Å². The number of anilines is 1. The molecule has 1 unspecified atom stereocenters. The average Bonchev–Trinajstić information content (AvgIpc) is 3.34. The monoisotopic (exact) mass is 483 g/mol. The van der Waals surface area contributed by atoms with E-state index in [4.69, 9.17) is 17.4 Å². The van der Waals surface area contributed by atoms with E-state index < -0.39 is 18.2 Å². The van der Waals surface area contributed by atoms with Crippen molar-refractivity contribution in [3.05, 3.63) is 71.5 Å². The van der Waals surface area contributed by atoms with Crippen LogP contribution in [0.1, 0.15) is 50.3 Å². The molecular weight excluding hydrogens is 452 g/mol. The van der Waals surface area contributed by atoms with E-state index in [0.29, 0.717) is 12.0 Å². The van der Waals surface area contributed by atoms with Gasteiger partial charge in [-0.25, -0.2) is 19.6 Å². The van der Waals surface area contributed by atoms with Gasteiger partial charge in [-0.15, -0.1) is 0 Å². The molecule has 2 aromatic rings. The summed E-state index contributed by atoms with van der Waals surface area (Å²) in [5, 5.41) is 4.53. The highest BCUT2D eigenvalue weighted by molar-refractivity contribution is 6.03. The number of nitrogens with zero attached hydrogens (tertiary/aromatic N) is 4. The Kier molecular flexibility index (Phi) is 8.53. The van der Waals surface area contributed by atoms with Gasteiger partial charge in [-0.05, 0) is 42.5 Å². The van der Waals surface area contributed by atoms with Gasteiger partial charge in [0.05, 0.1) is 18.2 Å². The van der Waals surface area contributed by atoms with Crippen molar-refractivity contribution in [2.45, 2.75) is 39.2 Å². The maximum absolute atomic E-state index is 14.2. The molecule has 3 rings (SSSR count). The fraction of sp³-hybridized carbons (Fsp3) is 0.320. The minimum Gasteiger partial charge on any atom is -0.383 e. The Morgan fingerprint density at radius 2 is 2.00 bits per heavy atom. The van der Waals surface area contributed by atoms with Crippen LogP contribution in [-0.4, -0.2) is 39.7 Å². The van der Waals surface area contributed by atoms with Crippen molar-refractivity contribution in [3.63, 3.8) is 0 Å². The van der Waals surface area contributed by atoms with Gasteiger partial charge in [-0.3, -0.25) is 9.80 Å². The summed E-state index contributed by atoms with van der Waals surface area (Å²) in [7, 11) is 0. The number of pyridine rings is 1. The third-order valence-corrected chi connectivity index (χ3v) is 5.91. The minimum atomic E-state index is -1.07.